The zero-order chi connectivity index (χ0) is 22.0. The second-order valence-corrected chi connectivity index (χ2v) is 7.64. The second kappa shape index (κ2) is 8.59. The molecule has 1 heterocycles. The number of aliphatic hydroxyl groups is 1. The predicted octanol–water partition coefficient (Wildman–Crippen LogP) is 5.32. The highest BCUT2D eigenvalue weighted by Gasteiger charge is 2.42. The Labute approximate surface area is 178 Å². The molecule has 0 radical (unpaired) electrons. The molecule has 2 atom stereocenters. The van der Waals surface area contributed by atoms with Gasteiger partial charge >= 0.3 is 6.18 Å². The van der Waals surface area contributed by atoms with Crippen molar-refractivity contribution < 1.29 is 22.7 Å². The van der Waals surface area contributed by atoms with Crippen LogP contribution in [-0.4, -0.2) is 30.5 Å². The number of aliphatic hydroxyl groups excluding tert-OH is 1. The zero-order valence-corrected chi connectivity index (χ0v) is 16.6. The molecule has 4 rings (SSSR count). The maximum Gasteiger partial charge on any atom is 0.416 e. The molecular weight excluding hydrogens is 408 g/mol. The molecule has 0 spiro atoms. The molecule has 1 aliphatic heterocycles. The van der Waals surface area contributed by atoms with Crippen molar-refractivity contribution in [3.63, 3.8) is 0 Å². The standard InChI is InChI=1S/C24H22F4N2O/c25-19-10-6-7-17(13-19)14-29-15-22(18-8-2-1-3-9-18)30(16-23(31)24(26,27)28)21-12-5-4-11-20(21)29/h1-13,22-23,31H,14-16H2/t22-,23-/m1/s1. The maximum absolute atomic E-state index is 13.7. The minimum Gasteiger partial charge on any atom is -0.382 e. The van der Waals surface area contributed by atoms with Crippen molar-refractivity contribution in [2.75, 3.05) is 22.9 Å². The molecule has 1 N–H and O–H groups in total. The first kappa shape index (κ1) is 21.2. The Balaban J connectivity index is 1.75. The summed E-state index contributed by atoms with van der Waals surface area (Å²) in [5.41, 5.74) is 2.96. The second-order valence-electron chi connectivity index (χ2n) is 7.64. The molecule has 3 aromatic rings. The van der Waals surface area contributed by atoms with E-state index in [1.807, 2.05) is 53.4 Å². The van der Waals surface area contributed by atoms with Crippen LogP contribution in [0.4, 0.5) is 28.9 Å². The Bertz CT molecular complexity index is 1030. The van der Waals surface area contributed by atoms with Gasteiger partial charge in [-0.15, -0.1) is 0 Å². The number of anilines is 2. The fraction of sp³-hybridized carbons (Fsp3) is 0.250. The van der Waals surface area contributed by atoms with Gasteiger partial charge in [0.2, 0.25) is 0 Å². The topological polar surface area (TPSA) is 26.7 Å². The number of hydrogen-bond donors (Lipinski definition) is 1. The van der Waals surface area contributed by atoms with Crippen LogP contribution in [0.2, 0.25) is 0 Å². The van der Waals surface area contributed by atoms with E-state index in [0.29, 0.717) is 18.8 Å². The third-order valence-corrected chi connectivity index (χ3v) is 5.50. The van der Waals surface area contributed by atoms with Gasteiger partial charge in [-0.25, -0.2) is 4.39 Å². The zero-order valence-electron chi connectivity index (χ0n) is 16.6. The summed E-state index contributed by atoms with van der Waals surface area (Å²) in [4.78, 5) is 3.66. The van der Waals surface area contributed by atoms with Gasteiger partial charge in [-0.3, -0.25) is 0 Å². The van der Waals surface area contributed by atoms with Crippen LogP contribution in [-0.2, 0) is 6.54 Å². The predicted molar refractivity (Wildman–Crippen MR) is 112 cm³/mol. The third-order valence-electron chi connectivity index (χ3n) is 5.50. The first-order valence-electron chi connectivity index (χ1n) is 9.98. The van der Waals surface area contributed by atoms with Gasteiger partial charge in [-0.1, -0.05) is 54.6 Å². The number of alkyl halides is 3. The van der Waals surface area contributed by atoms with Gasteiger partial charge in [0, 0.05) is 13.1 Å². The number of para-hydroxylation sites is 2. The monoisotopic (exact) mass is 430 g/mol. The largest absolute Gasteiger partial charge is 0.416 e. The Kier molecular flexibility index (Phi) is 5.87. The van der Waals surface area contributed by atoms with Crippen LogP contribution in [0.25, 0.3) is 0 Å². The molecule has 3 nitrogen and oxygen atoms in total. The number of rotatable bonds is 5. The minimum atomic E-state index is -4.71. The van der Waals surface area contributed by atoms with Crippen molar-refractivity contribution in [2.24, 2.45) is 0 Å². The molecule has 1 aliphatic rings. The van der Waals surface area contributed by atoms with Crippen LogP contribution < -0.4 is 9.80 Å². The van der Waals surface area contributed by atoms with Crippen molar-refractivity contribution >= 4 is 11.4 Å². The Morgan fingerprint density at radius 2 is 1.58 bits per heavy atom. The summed E-state index contributed by atoms with van der Waals surface area (Å²) in [5.74, 6) is -0.336. The number of nitrogens with zero attached hydrogens (tertiary/aromatic N) is 2. The molecule has 31 heavy (non-hydrogen) atoms. The molecule has 0 saturated heterocycles. The van der Waals surface area contributed by atoms with Gasteiger partial charge in [0.25, 0.3) is 0 Å². The Morgan fingerprint density at radius 1 is 0.903 bits per heavy atom. The normalized spacial score (nSPS) is 17.4. The highest BCUT2D eigenvalue weighted by molar-refractivity contribution is 5.74. The van der Waals surface area contributed by atoms with Gasteiger partial charge in [0.05, 0.1) is 24.0 Å². The van der Waals surface area contributed by atoms with E-state index in [4.69, 9.17) is 0 Å². The smallest absolute Gasteiger partial charge is 0.382 e. The number of benzene rings is 3. The van der Waals surface area contributed by atoms with Crippen molar-refractivity contribution in [3.05, 3.63) is 95.8 Å². The van der Waals surface area contributed by atoms with E-state index in [2.05, 4.69) is 0 Å². The molecule has 0 unspecified atom stereocenters. The SMILES string of the molecule is O[C@H](CN1c2ccccc2N(Cc2cccc(F)c2)C[C@@H]1c1ccccc1)C(F)(F)F. The first-order valence-corrected chi connectivity index (χ1v) is 9.98. The van der Waals surface area contributed by atoms with E-state index < -0.39 is 24.9 Å². The van der Waals surface area contributed by atoms with Gasteiger partial charge < -0.3 is 14.9 Å². The fourth-order valence-electron chi connectivity index (χ4n) is 4.03. The number of β-amino-alcohol motifs (C(OH)–C–C–N with tert-alkyl or cyclic N) is 1. The van der Waals surface area contributed by atoms with Crippen LogP contribution in [0, 0.1) is 5.82 Å². The summed E-state index contributed by atoms with van der Waals surface area (Å²) in [6.45, 7) is 0.226. The van der Waals surface area contributed by atoms with E-state index >= 15 is 0 Å². The lowest BCUT2D eigenvalue weighted by Crippen LogP contribution is -2.49. The lowest BCUT2D eigenvalue weighted by Gasteiger charge is -2.45. The van der Waals surface area contributed by atoms with E-state index in [1.54, 1.807) is 23.1 Å². The summed E-state index contributed by atoms with van der Waals surface area (Å²) in [7, 11) is 0. The molecule has 0 bridgehead atoms. The molecule has 3 aromatic carbocycles. The highest BCUT2D eigenvalue weighted by Crippen LogP contribution is 2.42. The van der Waals surface area contributed by atoms with Crippen molar-refractivity contribution in [2.45, 2.75) is 24.9 Å². The third kappa shape index (κ3) is 4.66. The van der Waals surface area contributed by atoms with Gasteiger partial charge in [0.15, 0.2) is 6.10 Å². The van der Waals surface area contributed by atoms with E-state index in [1.165, 1.54) is 12.1 Å². The van der Waals surface area contributed by atoms with Crippen LogP contribution in [0.5, 0.6) is 0 Å². The van der Waals surface area contributed by atoms with E-state index in [-0.39, 0.29) is 5.82 Å². The molecule has 0 amide bonds. The van der Waals surface area contributed by atoms with E-state index in [9.17, 15) is 22.7 Å². The first-order chi connectivity index (χ1) is 14.8. The molecular formula is C24H22F4N2O. The Morgan fingerprint density at radius 3 is 2.26 bits per heavy atom. The minimum absolute atomic E-state index is 0.336. The van der Waals surface area contributed by atoms with Crippen molar-refractivity contribution in [1.82, 2.24) is 0 Å². The lowest BCUT2D eigenvalue weighted by molar-refractivity contribution is -0.200. The summed E-state index contributed by atoms with van der Waals surface area (Å²) >= 11 is 0. The maximum atomic E-state index is 13.7. The van der Waals surface area contributed by atoms with Crippen molar-refractivity contribution in [1.29, 1.82) is 0 Å². The van der Waals surface area contributed by atoms with Crippen LogP contribution in [0.3, 0.4) is 0 Å². The van der Waals surface area contributed by atoms with Crippen LogP contribution in [0.1, 0.15) is 17.2 Å². The quantitative estimate of drug-likeness (QED) is 0.556. The molecule has 162 valence electrons. The average Bonchev–Trinajstić information content (AvgIpc) is 2.75. The summed E-state index contributed by atoms with van der Waals surface area (Å²) in [5, 5.41) is 9.84. The van der Waals surface area contributed by atoms with Gasteiger partial charge in [-0.2, -0.15) is 13.2 Å². The highest BCUT2D eigenvalue weighted by atomic mass is 19.4. The Hall–Kier alpha value is -3.06. The fourth-order valence-corrected chi connectivity index (χ4v) is 4.03. The molecule has 0 aliphatic carbocycles. The lowest BCUT2D eigenvalue weighted by atomic mass is 9.98. The van der Waals surface area contributed by atoms with Gasteiger partial charge in [-0.05, 0) is 35.4 Å². The number of fused-ring (bicyclic) bond motifs is 1. The molecule has 0 aromatic heterocycles. The summed E-state index contributed by atoms with van der Waals surface area (Å²) < 4.78 is 53.3. The van der Waals surface area contributed by atoms with Crippen LogP contribution in [0.15, 0.2) is 78.9 Å². The van der Waals surface area contributed by atoms with Crippen LogP contribution >= 0.6 is 0 Å². The average molecular weight is 430 g/mol. The number of hydrogen-bond acceptors (Lipinski definition) is 3. The molecule has 7 heteroatoms. The van der Waals surface area contributed by atoms with Crippen molar-refractivity contribution in [3.8, 4) is 0 Å². The van der Waals surface area contributed by atoms with E-state index in [0.717, 1.165) is 16.8 Å². The summed E-state index contributed by atoms with van der Waals surface area (Å²) in [6.07, 6.45) is -7.18. The molecule has 0 saturated carbocycles. The van der Waals surface area contributed by atoms with Gasteiger partial charge in [0.1, 0.15) is 5.82 Å². The molecule has 0 fully saturated rings. The number of halogens is 4. The summed E-state index contributed by atoms with van der Waals surface area (Å²) in [6, 6.07) is 22.3.